The number of rotatable bonds is 6. The van der Waals surface area contributed by atoms with E-state index in [-0.39, 0.29) is 5.92 Å². The van der Waals surface area contributed by atoms with Crippen molar-refractivity contribution in [3.8, 4) is 0 Å². The first kappa shape index (κ1) is 11.7. The van der Waals surface area contributed by atoms with E-state index >= 15 is 0 Å². The van der Waals surface area contributed by atoms with Crippen molar-refractivity contribution in [1.29, 1.82) is 0 Å². The average Bonchev–Trinajstić information content (AvgIpc) is 2.25. The smallest absolute Gasteiger partial charge is 0.312 e. The zero-order chi connectivity index (χ0) is 11.1. The second-order valence-corrected chi connectivity index (χ2v) is 3.75. The maximum absolute atomic E-state index is 11.0. The van der Waals surface area contributed by atoms with E-state index in [1.54, 1.807) is 0 Å². The molecule has 3 heteroatoms. The molecule has 0 saturated heterocycles. The fourth-order valence-corrected chi connectivity index (χ4v) is 1.55. The van der Waals surface area contributed by atoms with E-state index in [1.165, 1.54) is 0 Å². The molecule has 1 unspecified atom stereocenters. The minimum atomic E-state index is -0.695. The summed E-state index contributed by atoms with van der Waals surface area (Å²) in [4.78, 5) is 11.0. The van der Waals surface area contributed by atoms with Crippen LogP contribution < -0.4 is 4.57 Å². The summed E-state index contributed by atoms with van der Waals surface area (Å²) in [7, 11) is 0. The van der Waals surface area contributed by atoms with E-state index in [0.29, 0.717) is 6.54 Å². The van der Waals surface area contributed by atoms with Gasteiger partial charge in [-0.25, -0.2) is 4.57 Å². The molecule has 0 saturated carbocycles. The highest BCUT2D eigenvalue weighted by Crippen LogP contribution is 2.08. The molecule has 0 fully saturated rings. The molecular formula is C12H18NO2+. The first-order valence-corrected chi connectivity index (χ1v) is 5.41. The van der Waals surface area contributed by atoms with Crippen LogP contribution in [-0.2, 0) is 11.3 Å². The third-order valence-electron chi connectivity index (χ3n) is 2.46. The lowest BCUT2D eigenvalue weighted by molar-refractivity contribution is -0.701. The highest BCUT2D eigenvalue weighted by atomic mass is 16.4. The average molecular weight is 208 g/mol. The van der Waals surface area contributed by atoms with Crippen LogP contribution in [0.3, 0.4) is 0 Å². The predicted molar refractivity (Wildman–Crippen MR) is 57.3 cm³/mol. The van der Waals surface area contributed by atoms with Gasteiger partial charge < -0.3 is 5.11 Å². The van der Waals surface area contributed by atoms with Crippen LogP contribution in [0.5, 0.6) is 0 Å². The number of aliphatic carboxylic acids is 1. The quantitative estimate of drug-likeness (QED) is 0.725. The largest absolute Gasteiger partial charge is 0.481 e. The Morgan fingerprint density at radius 1 is 1.33 bits per heavy atom. The summed E-state index contributed by atoms with van der Waals surface area (Å²) < 4.78 is 1.93. The van der Waals surface area contributed by atoms with Crippen molar-refractivity contribution in [1.82, 2.24) is 0 Å². The van der Waals surface area contributed by atoms with Gasteiger partial charge in [0.15, 0.2) is 18.9 Å². The molecule has 0 aliphatic heterocycles. The summed E-state index contributed by atoms with van der Waals surface area (Å²) >= 11 is 0. The topological polar surface area (TPSA) is 41.2 Å². The van der Waals surface area contributed by atoms with Gasteiger partial charge in [-0.1, -0.05) is 25.8 Å². The van der Waals surface area contributed by atoms with Crippen molar-refractivity contribution in [2.75, 3.05) is 0 Å². The summed E-state index contributed by atoms with van der Waals surface area (Å²) in [6, 6.07) is 5.76. The molecule has 0 bridgehead atoms. The molecule has 1 atom stereocenters. The van der Waals surface area contributed by atoms with Gasteiger partial charge in [-0.15, -0.1) is 0 Å². The molecule has 1 aromatic heterocycles. The SMILES string of the molecule is CCCCC(C[n+]1ccccc1)C(=O)O. The Bertz CT molecular complexity index is 298. The number of nitrogens with zero attached hydrogens (tertiary/aromatic N) is 1. The lowest BCUT2D eigenvalue weighted by Crippen LogP contribution is -2.39. The summed E-state index contributed by atoms with van der Waals surface area (Å²) in [5, 5.41) is 9.05. The Kier molecular flexibility index (Phi) is 4.81. The lowest BCUT2D eigenvalue weighted by atomic mass is 10.0. The van der Waals surface area contributed by atoms with Crippen molar-refractivity contribution in [3.05, 3.63) is 30.6 Å². The predicted octanol–water partition coefficient (Wildman–Crippen LogP) is 1.87. The van der Waals surface area contributed by atoms with Crippen LogP contribution in [-0.4, -0.2) is 11.1 Å². The highest BCUT2D eigenvalue weighted by Gasteiger charge is 2.21. The Hall–Kier alpha value is -1.38. The molecule has 0 radical (unpaired) electrons. The van der Waals surface area contributed by atoms with E-state index in [2.05, 4.69) is 6.92 Å². The third-order valence-corrected chi connectivity index (χ3v) is 2.46. The number of carboxylic acids is 1. The molecule has 0 amide bonds. The molecule has 1 heterocycles. The fraction of sp³-hybridized carbons (Fsp3) is 0.500. The first-order valence-electron chi connectivity index (χ1n) is 5.41. The van der Waals surface area contributed by atoms with E-state index in [4.69, 9.17) is 5.11 Å². The summed E-state index contributed by atoms with van der Waals surface area (Å²) in [6.45, 7) is 2.64. The molecule has 0 aliphatic rings. The van der Waals surface area contributed by atoms with E-state index in [0.717, 1.165) is 19.3 Å². The molecule has 0 aliphatic carbocycles. The molecule has 1 N–H and O–H groups in total. The zero-order valence-corrected chi connectivity index (χ0v) is 9.10. The second-order valence-electron chi connectivity index (χ2n) is 3.75. The first-order chi connectivity index (χ1) is 7.24. The standard InChI is InChI=1S/C12H17NO2/c1-2-3-7-11(12(14)15)10-13-8-5-4-6-9-13/h4-6,8-9,11H,2-3,7,10H2,1H3/p+1. The Morgan fingerprint density at radius 2 is 2.00 bits per heavy atom. The molecule has 0 spiro atoms. The van der Waals surface area contributed by atoms with Crippen molar-refractivity contribution in [2.24, 2.45) is 5.92 Å². The number of pyridine rings is 1. The Morgan fingerprint density at radius 3 is 2.53 bits per heavy atom. The minimum Gasteiger partial charge on any atom is -0.481 e. The number of carbonyl (C=O) groups is 1. The summed E-state index contributed by atoms with van der Waals surface area (Å²) in [5.74, 6) is -0.961. The number of aromatic nitrogens is 1. The van der Waals surface area contributed by atoms with Crippen molar-refractivity contribution >= 4 is 5.97 Å². The number of hydrogen-bond acceptors (Lipinski definition) is 1. The van der Waals surface area contributed by atoms with Crippen LogP contribution in [0.15, 0.2) is 30.6 Å². The number of unbranched alkanes of at least 4 members (excludes halogenated alkanes) is 1. The van der Waals surface area contributed by atoms with Crippen molar-refractivity contribution in [2.45, 2.75) is 32.7 Å². The molecule has 3 nitrogen and oxygen atoms in total. The van der Waals surface area contributed by atoms with Crippen LogP contribution in [0, 0.1) is 5.92 Å². The van der Waals surface area contributed by atoms with E-state index in [1.807, 2.05) is 35.2 Å². The van der Waals surface area contributed by atoms with Gasteiger partial charge in [-0.2, -0.15) is 0 Å². The van der Waals surface area contributed by atoms with Gasteiger partial charge in [0.1, 0.15) is 5.92 Å². The molecule has 1 aromatic rings. The van der Waals surface area contributed by atoms with E-state index in [9.17, 15) is 4.79 Å². The van der Waals surface area contributed by atoms with Gasteiger partial charge in [-0.05, 0) is 6.42 Å². The van der Waals surface area contributed by atoms with Crippen LogP contribution >= 0.6 is 0 Å². The van der Waals surface area contributed by atoms with Gasteiger partial charge >= 0.3 is 5.97 Å². The summed E-state index contributed by atoms with van der Waals surface area (Å²) in [6.07, 6.45) is 6.59. The Labute approximate surface area is 90.4 Å². The minimum absolute atomic E-state index is 0.266. The third kappa shape index (κ3) is 4.11. The van der Waals surface area contributed by atoms with Gasteiger partial charge in [0.2, 0.25) is 0 Å². The van der Waals surface area contributed by atoms with Crippen LogP contribution in [0.1, 0.15) is 26.2 Å². The summed E-state index contributed by atoms with van der Waals surface area (Å²) in [5.41, 5.74) is 0. The molecule has 82 valence electrons. The van der Waals surface area contributed by atoms with Gasteiger partial charge in [0.05, 0.1) is 0 Å². The monoisotopic (exact) mass is 208 g/mol. The maximum atomic E-state index is 11.0. The highest BCUT2D eigenvalue weighted by molar-refractivity contribution is 5.69. The Balaban J connectivity index is 2.55. The molecular weight excluding hydrogens is 190 g/mol. The van der Waals surface area contributed by atoms with Crippen molar-refractivity contribution < 1.29 is 14.5 Å². The second kappa shape index (κ2) is 6.17. The number of carboxylic acid groups (broad SMARTS) is 1. The molecule has 1 rings (SSSR count). The molecule has 15 heavy (non-hydrogen) atoms. The van der Waals surface area contributed by atoms with Gasteiger partial charge in [0.25, 0.3) is 0 Å². The van der Waals surface area contributed by atoms with Crippen LogP contribution in [0.4, 0.5) is 0 Å². The van der Waals surface area contributed by atoms with Gasteiger partial charge in [0, 0.05) is 12.1 Å². The normalized spacial score (nSPS) is 12.3. The number of hydrogen-bond donors (Lipinski definition) is 1. The molecule has 0 aromatic carbocycles. The maximum Gasteiger partial charge on any atom is 0.312 e. The fourth-order valence-electron chi connectivity index (χ4n) is 1.55. The van der Waals surface area contributed by atoms with E-state index < -0.39 is 5.97 Å². The van der Waals surface area contributed by atoms with Crippen LogP contribution in [0.25, 0.3) is 0 Å². The lowest BCUT2D eigenvalue weighted by Gasteiger charge is -2.07. The van der Waals surface area contributed by atoms with Crippen molar-refractivity contribution in [3.63, 3.8) is 0 Å². The van der Waals surface area contributed by atoms with Crippen LogP contribution in [0.2, 0.25) is 0 Å². The zero-order valence-electron chi connectivity index (χ0n) is 9.10. The van der Waals surface area contributed by atoms with Gasteiger partial charge in [-0.3, -0.25) is 4.79 Å².